The van der Waals surface area contributed by atoms with Crippen LogP contribution in [0.5, 0.6) is 0 Å². The molecule has 0 aromatic rings. The molecule has 1 saturated carbocycles. The van der Waals surface area contributed by atoms with E-state index < -0.39 is 0 Å². The topological polar surface area (TPSA) is 75.2 Å². The van der Waals surface area contributed by atoms with Gasteiger partial charge in [0.15, 0.2) is 5.96 Å². The molecule has 1 aliphatic carbocycles. The molecular weight excluding hydrogens is 308 g/mol. The van der Waals surface area contributed by atoms with Crippen LogP contribution >= 0.6 is 0 Å². The first-order valence-electron chi connectivity index (χ1n) is 9.13. The summed E-state index contributed by atoms with van der Waals surface area (Å²) in [5.41, 5.74) is 0. The van der Waals surface area contributed by atoms with Crippen LogP contribution < -0.4 is 10.6 Å². The molecule has 1 saturated heterocycles. The molecule has 0 aromatic heterocycles. The van der Waals surface area contributed by atoms with Crippen molar-refractivity contribution in [1.82, 2.24) is 15.5 Å². The van der Waals surface area contributed by atoms with Crippen molar-refractivity contribution in [3.63, 3.8) is 0 Å². The molecule has 2 N–H and O–H groups in total. The highest BCUT2D eigenvalue weighted by Crippen LogP contribution is 2.33. The number of hydrogen-bond acceptors (Lipinski definition) is 4. The van der Waals surface area contributed by atoms with E-state index in [9.17, 15) is 4.79 Å². The Bertz CT molecular complexity index is 426. The lowest BCUT2D eigenvalue weighted by Crippen LogP contribution is -2.43. The highest BCUT2D eigenvalue weighted by Gasteiger charge is 2.33. The predicted molar refractivity (Wildman–Crippen MR) is 94.2 cm³/mol. The number of nitrogens with zero attached hydrogens (tertiary/aromatic N) is 2. The minimum atomic E-state index is -0.337. The first-order valence-corrected chi connectivity index (χ1v) is 9.13. The maximum Gasteiger partial charge on any atom is 0.407 e. The van der Waals surface area contributed by atoms with Crippen LogP contribution in [0, 0.1) is 11.8 Å². The summed E-state index contributed by atoms with van der Waals surface area (Å²) in [5.74, 6) is 2.03. The number of aliphatic imine (C=N–C) groups is 1. The van der Waals surface area contributed by atoms with Crippen LogP contribution in [-0.4, -0.2) is 69.5 Å². The van der Waals surface area contributed by atoms with E-state index >= 15 is 0 Å². The number of nitrogens with one attached hydrogen (secondary N) is 2. The Morgan fingerprint density at radius 1 is 1.33 bits per heavy atom. The number of guanidine groups is 1. The van der Waals surface area contributed by atoms with Gasteiger partial charge in [0.05, 0.1) is 25.8 Å². The fourth-order valence-corrected chi connectivity index (χ4v) is 3.14. The molecule has 2 aliphatic rings. The zero-order valence-corrected chi connectivity index (χ0v) is 15.2. The number of carbonyl (C=O) groups is 1. The molecular formula is C17H32N4O3. The van der Waals surface area contributed by atoms with E-state index in [1.807, 2.05) is 6.92 Å². The minimum Gasteiger partial charge on any atom is -0.450 e. The van der Waals surface area contributed by atoms with Gasteiger partial charge in [-0.1, -0.05) is 0 Å². The van der Waals surface area contributed by atoms with Crippen molar-refractivity contribution >= 4 is 12.1 Å². The molecule has 2 rings (SSSR count). The van der Waals surface area contributed by atoms with Gasteiger partial charge in [0.1, 0.15) is 0 Å². The second-order valence-electron chi connectivity index (χ2n) is 6.56. The summed E-state index contributed by atoms with van der Waals surface area (Å²) in [6, 6.07) is 0.0649. The summed E-state index contributed by atoms with van der Waals surface area (Å²) in [6.07, 6.45) is 3.10. The van der Waals surface area contributed by atoms with Crippen LogP contribution in [0.3, 0.4) is 0 Å². The predicted octanol–water partition coefficient (Wildman–Crippen LogP) is 1.44. The molecule has 2 fully saturated rings. The number of hydrogen-bond donors (Lipinski definition) is 2. The molecule has 0 aromatic carbocycles. The summed E-state index contributed by atoms with van der Waals surface area (Å²) in [6.45, 7) is 8.48. The van der Waals surface area contributed by atoms with Crippen molar-refractivity contribution in [2.24, 2.45) is 16.8 Å². The van der Waals surface area contributed by atoms with Gasteiger partial charge in [0.25, 0.3) is 0 Å². The lowest BCUT2D eigenvalue weighted by Gasteiger charge is -2.23. The molecule has 0 radical (unpaired) electrons. The maximum absolute atomic E-state index is 11.7. The lowest BCUT2D eigenvalue weighted by atomic mass is 10.1. The second kappa shape index (κ2) is 9.71. The van der Waals surface area contributed by atoms with E-state index in [1.54, 1.807) is 7.11 Å². The van der Waals surface area contributed by atoms with E-state index in [0.717, 1.165) is 51.5 Å². The van der Waals surface area contributed by atoms with Crippen molar-refractivity contribution in [3.8, 4) is 0 Å². The van der Waals surface area contributed by atoms with Gasteiger partial charge < -0.3 is 25.0 Å². The van der Waals surface area contributed by atoms with Gasteiger partial charge in [-0.25, -0.2) is 4.79 Å². The standard InChI is InChI=1S/C17H32N4O3/c1-4-18-16(21-9-8-13(11-21)12-23-3)19-10-15(14-6-7-14)20-17(22)24-5-2/h13-15H,4-12H2,1-3H3,(H,18,19)(H,20,22). The molecule has 1 aliphatic heterocycles. The van der Waals surface area contributed by atoms with E-state index in [-0.39, 0.29) is 12.1 Å². The zero-order chi connectivity index (χ0) is 17.4. The van der Waals surface area contributed by atoms with E-state index in [2.05, 4.69) is 22.5 Å². The second-order valence-corrected chi connectivity index (χ2v) is 6.56. The summed E-state index contributed by atoms with van der Waals surface area (Å²) in [5, 5.41) is 6.33. The number of ether oxygens (including phenoxy) is 2. The highest BCUT2D eigenvalue weighted by molar-refractivity contribution is 5.80. The Labute approximate surface area is 145 Å². The summed E-state index contributed by atoms with van der Waals surface area (Å²) in [7, 11) is 1.75. The van der Waals surface area contributed by atoms with E-state index in [1.165, 1.54) is 0 Å². The first-order chi connectivity index (χ1) is 11.7. The average molecular weight is 340 g/mol. The molecule has 0 spiro atoms. The normalized spacial score (nSPS) is 22.4. The number of likely N-dealkylation sites (tertiary alicyclic amines) is 1. The monoisotopic (exact) mass is 340 g/mol. The Morgan fingerprint density at radius 2 is 2.12 bits per heavy atom. The molecule has 7 nitrogen and oxygen atoms in total. The summed E-state index contributed by atoms with van der Waals surface area (Å²) < 4.78 is 10.3. The third kappa shape index (κ3) is 5.85. The quantitative estimate of drug-likeness (QED) is 0.517. The average Bonchev–Trinajstić information content (AvgIpc) is 3.30. The molecule has 1 amide bonds. The Balaban J connectivity index is 1.92. The summed E-state index contributed by atoms with van der Waals surface area (Å²) >= 11 is 0. The zero-order valence-electron chi connectivity index (χ0n) is 15.2. The van der Waals surface area contributed by atoms with Gasteiger partial charge in [-0.3, -0.25) is 4.99 Å². The van der Waals surface area contributed by atoms with Crippen molar-refractivity contribution in [2.45, 2.75) is 39.2 Å². The van der Waals surface area contributed by atoms with Gasteiger partial charge in [-0.15, -0.1) is 0 Å². The van der Waals surface area contributed by atoms with Crippen LogP contribution in [0.2, 0.25) is 0 Å². The fraction of sp³-hybridized carbons (Fsp3) is 0.882. The SMILES string of the molecule is CCNC(=NCC(NC(=O)OCC)C1CC1)N1CCC(COC)C1. The molecule has 7 heteroatoms. The van der Waals surface area contributed by atoms with Gasteiger partial charge in [0, 0.05) is 32.7 Å². The van der Waals surface area contributed by atoms with Crippen molar-refractivity contribution < 1.29 is 14.3 Å². The van der Waals surface area contributed by atoms with Crippen LogP contribution in [0.25, 0.3) is 0 Å². The minimum absolute atomic E-state index is 0.0649. The van der Waals surface area contributed by atoms with Crippen LogP contribution in [0.15, 0.2) is 4.99 Å². The van der Waals surface area contributed by atoms with Crippen molar-refractivity contribution in [3.05, 3.63) is 0 Å². The van der Waals surface area contributed by atoms with Gasteiger partial charge >= 0.3 is 6.09 Å². The number of rotatable bonds is 8. The number of amides is 1. The number of alkyl carbamates (subject to hydrolysis) is 1. The van der Waals surface area contributed by atoms with Crippen LogP contribution in [-0.2, 0) is 9.47 Å². The van der Waals surface area contributed by atoms with Crippen molar-refractivity contribution in [1.29, 1.82) is 0 Å². The number of carbonyl (C=O) groups excluding carboxylic acids is 1. The Morgan fingerprint density at radius 3 is 2.75 bits per heavy atom. The fourth-order valence-electron chi connectivity index (χ4n) is 3.14. The van der Waals surface area contributed by atoms with E-state index in [4.69, 9.17) is 14.5 Å². The highest BCUT2D eigenvalue weighted by atomic mass is 16.5. The van der Waals surface area contributed by atoms with Crippen molar-refractivity contribution in [2.75, 3.05) is 46.5 Å². The lowest BCUT2D eigenvalue weighted by molar-refractivity contribution is 0.147. The molecule has 24 heavy (non-hydrogen) atoms. The van der Waals surface area contributed by atoms with Crippen LogP contribution in [0.4, 0.5) is 4.79 Å². The molecule has 2 unspecified atom stereocenters. The Hall–Kier alpha value is -1.50. The molecule has 138 valence electrons. The summed E-state index contributed by atoms with van der Waals surface area (Å²) in [4.78, 5) is 18.8. The third-order valence-electron chi connectivity index (χ3n) is 4.53. The molecule has 0 bridgehead atoms. The smallest absolute Gasteiger partial charge is 0.407 e. The van der Waals surface area contributed by atoms with E-state index in [0.29, 0.717) is 25.0 Å². The van der Waals surface area contributed by atoms with Gasteiger partial charge in [-0.2, -0.15) is 0 Å². The number of methoxy groups -OCH3 is 1. The van der Waals surface area contributed by atoms with Gasteiger partial charge in [0.2, 0.25) is 0 Å². The van der Waals surface area contributed by atoms with Gasteiger partial charge in [-0.05, 0) is 39.0 Å². The molecule has 2 atom stereocenters. The molecule has 1 heterocycles. The first kappa shape index (κ1) is 18.8. The third-order valence-corrected chi connectivity index (χ3v) is 4.53. The van der Waals surface area contributed by atoms with Crippen LogP contribution in [0.1, 0.15) is 33.1 Å². The Kier molecular flexibility index (Phi) is 7.62. The largest absolute Gasteiger partial charge is 0.450 e. The maximum atomic E-state index is 11.7.